The fourth-order valence-electron chi connectivity index (χ4n) is 3.24. The van der Waals surface area contributed by atoms with Crippen molar-refractivity contribution in [1.29, 1.82) is 0 Å². The SMILES string of the molecule is COC(c1ccc2ccccc2c1)c1cc(C(=O)NCC2(C)COC2)no1. The van der Waals surface area contributed by atoms with Crippen LogP contribution in [0.25, 0.3) is 10.8 Å². The van der Waals surface area contributed by atoms with Crippen molar-refractivity contribution in [3.63, 3.8) is 0 Å². The number of carbonyl (C=O) groups excluding carboxylic acids is 1. The molecule has 1 aliphatic heterocycles. The summed E-state index contributed by atoms with van der Waals surface area (Å²) in [6, 6.07) is 15.9. The number of methoxy groups -OCH3 is 1. The van der Waals surface area contributed by atoms with E-state index < -0.39 is 6.10 Å². The molecular formula is C21H22N2O4. The number of hydrogen-bond donors (Lipinski definition) is 1. The average molecular weight is 366 g/mol. The highest BCUT2D eigenvalue weighted by molar-refractivity contribution is 5.92. The molecule has 0 spiro atoms. The first-order valence-electron chi connectivity index (χ1n) is 8.92. The lowest BCUT2D eigenvalue weighted by Crippen LogP contribution is -2.48. The van der Waals surface area contributed by atoms with Gasteiger partial charge in [-0.05, 0) is 22.4 Å². The highest BCUT2D eigenvalue weighted by atomic mass is 16.5. The zero-order valence-electron chi connectivity index (χ0n) is 15.4. The Labute approximate surface area is 157 Å². The topological polar surface area (TPSA) is 73.6 Å². The van der Waals surface area contributed by atoms with Gasteiger partial charge in [0.2, 0.25) is 0 Å². The highest BCUT2D eigenvalue weighted by Gasteiger charge is 2.34. The van der Waals surface area contributed by atoms with Crippen LogP contribution in [0.5, 0.6) is 0 Å². The average Bonchev–Trinajstić information content (AvgIpc) is 3.15. The molecule has 4 rings (SSSR count). The Hall–Kier alpha value is -2.70. The highest BCUT2D eigenvalue weighted by Crippen LogP contribution is 2.29. The van der Waals surface area contributed by atoms with Gasteiger partial charge in [0.15, 0.2) is 11.5 Å². The van der Waals surface area contributed by atoms with E-state index in [1.54, 1.807) is 13.2 Å². The molecule has 1 saturated heterocycles. The van der Waals surface area contributed by atoms with Crippen LogP contribution in [0.4, 0.5) is 0 Å². The molecule has 3 aromatic rings. The van der Waals surface area contributed by atoms with Gasteiger partial charge in [0.1, 0.15) is 6.10 Å². The van der Waals surface area contributed by atoms with Crippen LogP contribution in [-0.2, 0) is 9.47 Å². The molecular weight excluding hydrogens is 344 g/mol. The molecule has 27 heavy (non-hydrogen) atoms. The number of aromatic nitrogens is 1. The third-order valence-electron chi connectivity index (χ3n) is 4.91. The molecule has 1 unspecified atom stereocenters. The van der Waals surface area contributed by atoms with Crippen molar-refractivity contribution in [2.75, 3.05) is 26.9 Å². The number of rotatable bonds is 6. The van der Waals surface area contributed by atoms with E-state index >= 15 is 0 Å². The molecule has 1 aromatic heterocycles. The van der Waals surface area contributed by atoms with E-state index in [0.717, 1.165) is 16.3 Å². The number of benzene rings is 2. The van der Waals surface area contributed by atoms with E-state index in [-0.39, 0.29) is 17.0 Å². The third-order valence-corrected chi connectivity index (χ3v) is 4.91. The van der Waals surface area contributed by atoms with Crippen LogP contribution in [0.3, 0.4) is 0 Å². The van der Waals surface area contributed by atoms with Gasteiger partial charge >= 0.3 is 0 Å². The minimum atomic E-state index is -0.429. The van der Waals surface area contributed by atoms with E-state index in [4.69, 9.17) is 14.0 Å². The molecule has 6 nitrogen and oxygen atoms in total. The lowest BCUT2D eigenvalue weighted by atomic mass is 9.89. The second-order valence-electron chi connectivity index (χ2n) is 7.32. The summed E-state index contributed by atoms with van der Waals surface area (Å²) in [5, 5.41) is 9.08. The summed E-state index contributed by atoms with van der Waals surface area (Å²) in [5.41, 5.74) is 1.19. The van der Waals surface area contributed by atoms with Gasteiger partial charge in [-0.25, -0.2) is 0 Å². The molecule has 1 atom stereocenters. The van der Waals surface area contributed by atoms with E-state index in [9.17, 15) is 4.79 Å². The summed E-state index contributed by atoms with van der Waals surface area (Å²) in [7, 11) is 1.61. The molecule has 2 heterocycles. The van der Waals surface area contributed by atoms with Crippen LogP contribution in [0.2, 0.25) is 0 Å². The molecule has 0 saturated carbocycles. The predicted octanol–water partition coefficient (Wildman–Crippen LogP) is 3.33. The van der Waals surface area contributed by atoms with Crippen LogP contribution in [0, 0.1) is 5.41 Å². The maximum absolute atomic E-state index is 12.4. The normalized spacial score (nSPS) is 16.7. The van der Waals surface area contributed by atoms with Gasteiger partial charge < -0.3 is 19.3 Å². The Bertz CT molecular complexity index is 961. The van der Waals surface area contributed by atoms with Gasteiger partial charge in [-0.2, -0.15) is 0 Å². The van der Waals surface area contributed by atoms with Crippen molar-refractivity contribution in [2.24, 2.45) is 5.41 Å². The third kappa shape index (κ3) is 3.59. The Balaban J connectivity index is 1.51. The van der Waals surface area contributed by atoms with Crippen molar-refractivity contribution < 1.29 is 18.8 Å². The first-order valence-corrected chi connectivity index (χ1v) is 8.92. The van der Waals surface area contributed by atoms with E-state index in [1.807, 2.05) is 24.3 Å². The number of nitrogens with one attached hydrogen (secondary N) is 1. The summed E-state index contributed by atoms with van der Waals surface area (Å²) >= 11 is 0. The lowest BCUT2D eigenvalue weighted by molar-refractivity contribution is -0.0978. The van der Waals surface area contributed by atoms with Crippen LogP contribution in [-0.4, -0.2) is 37.9 Å². The molecule has 0 bridgehead atoms. The van der Waals surface area contributed by atoms with E-state index in [1.165, 1.54) is 0 Å². The minimum Gasteiger partial charge on any atom is -0.380 e. The fraction of sp³-hybridized carbons (Fsp3) is 0.333. The number of hydrogen-bond acceptors (Lipinski definition) is 5. The molecule has 6 heteroatoms. The number of fused-ring (bicyclic) bond motifs is 1. The van der Waals surface area contributed by atoms with Crippen LogP contribution < -0.4 is 5.32 Å². The van der Waals surface area contributed by atoms with Crippen molar-refractivity contribution in [3.05, 3.63) is 65.5 Å². The number of nitrogens with zero attached hydrogens (tertiary/aromatic N) is 1. The first kappa shape index (κ1) is 17.7. The van der Waals surface area contributed by atoms with Crippen LogP contribution in [0.1, 0.15) is 34.8 Å². The van der Waals surface area contributed by atoms with Gasteiger partial charge in [0.05, 0.1) is 13.2 Å². The van der Waals surface area contributed by atoms with Gasteiger partial charge in [-0.15, -0.1) is 0 Å². The van der Waals surface area contributed by atoms with Gasteiger partial charge in [0.25, 0.3) is 5.91 Å². The zero-order valence-corrected chi connectivity index (χ0v) is 15.4. The second kappa shape index (κ2) is 7.13. The molecule has 2 aromatic carbocycles. The fourth-order valence-corrected chi connectivity index (χ4v) is 3.24. The quantitative estimate of drug-likeness (QED) is 0.724. The summed E-state index contributed by atoms with van der Waals surface area (Å²) < 4.78 is 16.2. The molecule has 140 valence electrons. The number of carbonyl (C=O) groups is 1. The van der Waals surface area contributed by atoms with Crippen molar-refractivity contribution in [2.45, 2.75) is 13.0 Å². The summed E-state index contributed by atoms with van der Waals surface area (Å²) in [5.74, 6) is 0.239. The van der Waals surface area contributed by atoms with E-state index in [2.05, 4.69) is 35.6 Å². The number of amides is 1. The van der Waals surface area contributed by atoms with Crippen LogP contribution in [0.15, 0.2) is 53.1 Å². The maximum atomic E-state index is 12.4. The molecule has 1 amide bonds. The Morgan fingerprint density at radius 2 is 2.00 bits per heavy atom. The Morgan fingerprint density at radius 1 is 1.22 bits per heavy atom. The van der Waals surface area contributed by atoms with E-state index in [0.29, 0.717) is 25.5 Å². The van der Waals surface area contributed by atoms with Gasteiger partial charge in [-0.3, -0.25) is 4.79 Å². The predicted molar refractivity (Wildman–Crippen MR) is 101 cm³/mol. The van der Waals surface area contributed by atoms with Crippen LogP contribution >= 0.6 is 0 Å². The Kier molecular flexibility index (Phi) is 4.68. The first-order chi connectivity index (χ1) is 13.1. The molecule has 1 aliphatic rings. The Morgan fingerprint density at radius 3 is 2.70 bits per heavy atom. The van der Waals surface area contributed by atoms with Gasteiger partial charge in [0, 0.05) is 25.1 Å². The lowest BCUT2D eigenvalue weighted by Gasteiger charge is -2.37. The summed E-state index contributed by atoms with van der Waals surface area (Å²) in [4.78, 5) is 12.4. The standard InChI is InChI=1S/C21H22N2O4/c1-21(12-26-13-21)11-22-20(24)17-10-18(27-23-17)19(25-2)16-8-7-14-5-3-4-6-15(14)9-16/h3-10,19H,11-13H2,1-2H3,(H,22,24). The van der Waals surface area contributed by atoms with Crippen molar-refractivity contribution >= 4 is 16.7 Å². The molecule has 0 radical (unpaired) electrons. The zero-order chi connectivity index (χ0) is 18.9. The monoisotopic (exact) mass is 366 g/mol. The summed E-state index contributed by atoms with van der Waals surface area (Å²) in [6.07, 6.45) is -0.429. The van der Waals surface area contributed by atoms with Crippen molar-refractivity contribution in [3.8, 4) is 0 Å². The second-order valence-corrected chi connectivity index (χ2v) is 7.32. The maximum Gasteiger partial charge on any atom is 0.273 e. The molecule has 1 fully saturated rings. The summed E-state index contributed by atoms with van der Waals surface area (Å²) in [6.45, 7) is 3.94. The number of ether oxygens (including phenoxy) is 2. The largest absolute Gasteiger partial charge is 0.380 e. The van der Waals surface area contributed by atoms with Gasteiger partial charge in [-0.1, -0.05) is 48.5 Å². The molecule has 1 N–H and O–H groups in total. The minimum absolute atomic E-state index is 0.00237. The smallest absolute Gasteiger partial charge is 0.273 e. The van der Waals surface area contributed by atoms with Crippen molar-refractivity contribution in [1.82, 2.24) is 10.5 Å². The molecule has 0 aliphatic carbocycles.